The van der Waals surface area contributed by atoms with E-state index in [9.17, 15) is 14.4 Å². The van der Waals surface area contributed by atoms with Gasteiger partial charge >= 0.3 is 0 Å². The molecule has 0 bridgehead atoms. The van der Waals surface area contributed by atoms with Gasteiger partial charge in [-0.3, -0.25) is 14.4 Å². The van der Waals surface area contributed by atoms with Crippen LogP contribution in [0.3, 0.4) is 0 Å². The molecule has 3 unspecified atom stereocenters. The minimum Gasteiger partial charge on any atom is -0.291 e. The molecule has 170 valence electrons. The summed E-state index contributed by atoms with van der Waals surface area (Å²) in [6.45, 7) is 5.65. The summed E-state index contributed by atoms with van der Waals surface area (Å²) in [4.78, 5) is 42.4. The van der Waals surface area contributed by atoms with Crippen LogP contribution < -0.4 is 4.90 Å². The van der Waals surface area contributed by atoms with Gasteiger partial charge in [-0.1, -0.05) is 50.2 Å². The van der Waals surface area contributed by atoms with Gasteiger partial charge in [0.2, 0.25) is 5.91 Å². The highest BCUT2D eigenvalue weighted by Gasteiger charge is 2.72. The van der Waals surface area contributed by atoms with Crippen LogP contribution in [0.25, 0.3) is 5.69 Å². The molecule has 0 saturated carbocycles. The molecule has 0 radical (unpaired) electrons. The molecule has 2 aromatic carbocycles. The zero-order valence-corrected chi connectivity index (χ0v) is 19.1. The third-order valence-electron chi connectivity index (χ3n) is 7.45. The van der Waals surface area contributed by atoms with Gasteiger partial charge in [-0.05, 0) is 37.6 Å². The molecule has 1 saturated heterocycles. The fourth-order valence-corrected chi connectivity index (χ4v) is 5.84. The Kier molecular flexibility index (Phi) is 4.12. The molecule has 1 fully saturated rings. The maximum Gasteiger partial charge on any atom is 0.261 e. The Balaban J connectivity index is 1.50. The molecule has 3 atom stereocenters. The number of azo groups is 1. The van der Waals surface area contributed by atoms with Crippen LogP contribution in [-0.2, 0) is 16.0 Å². The first kappa shape index (κ1) is 20.7. The largest absolute Gasteiger partial charge is 0.291 e. The minimum absolute atomic E-state index is 0.286. The van der Waals surface area contributed by atoms with E-state index in [1.54, 1.807) is 35.9 Å². The molecule has 3 heterocycles. The van der Waals surface area contributed by atoms with Gasteiger partial charge in [0, 0.05) is 5.41 Å². The van der Waals surface area contributed by atoms with Gasteiger partial charge in [0.25, 0.3) is 5.91 Å². The van der Waals surface area contributed by atoms with Gasteiger partial charge in [-0.15, -0.1) is 0 Å². The Morgan fingerprint density at radius 1 is 0.882 bits per heavy atom. The van der Waals surface area contributed by atoms with E-state index in [0.717, 1.165) is 16.3 Å². The second kappa shape index (κ2) is 6.79. The van der Waals surface area contributed by atoms with Crippen LogP contribution in [0.15, 0.2) is 70.9 Å². The Bertz CT molecular complexity index is 1390. The first-order chi connectivity index (χ1) is 16.3. The van der Waals surface area contributed by atoms with Crippen molar-refractivity contribution < 1.29 is 14.4 Å². The summed E-state index contributed by atoms with van der Waals surface area (Å²) in [5, 5.41) is 13.4. The molecular weight excluding hydrogens is 430 g/mol. The lowest BCUT2D eigenvalue weighted by molar-refractivity contribution is -0.124. The summed E-state index contributed by atoms with van der Waals surface area (Å²) < 4.78 is 1.80. The van der Waals surface area contributed by atoms with Crippen molar-refractivity contribution in [1.82, 2.24) is 9.78 Å². The van der Waals surface area contributed by atoms with E-state index in [2.05, 4.69) is 15.3 Å². The summed E-state index contributed by atoms with van der Waals surface area (Å²) in [7, 11) is 0. The molecule has 0 N–H and O–H groups in total. The minimum atomic E-state index is -1.46. The zero-order chi connectivity index (χ0) is 23.8. The smallest absolute Gasteiger partial charge is 0.261 e. The van der Waals surface area contributed by atoms with Crippen LogP contribution in [0.5, 0.6) is 0 Å². The van der Waals surface area contributed by atoms with E-state index in [1.165, 1.54) is 0 Å². The molecular formula is C26H23N5O3. The predicted molar refractivity (Wildman–Crippen MR) is 124 cm³/mol. The van der Waals surface area contributed by atoms with Gasteiger partial charge < -0.3 is 0 Å². The zero-order valence-electron chi connectivity index (χ0n) is 19.1. The SMILES string of the molecule is Cc1nn(-c2ccccc2)c2c1C(=O)C1(N=NC3C(=O)N(c4ccccc4)C(=O)C31)C(C)(C)C2. The van der Waals surface area contributed by atoms with Gasteiger partial charge in [0.05, 0.1) is 28.3 Å². The number of fused-ring (bicyclic) bond motifs is 3. The maximum absolute atomic E-state index is 14.3. The number of hydrogen-bond donors (Lipinski definition) is 0. The van der Waals surface area contributed by atoms with Crippen molar-refractivity contribution in [3.05, 3.63) is 77.6 Å². The summed E-state index contributed by atoms with van der Waals surface area (Å²) in [6.07, 6.45) is 0.457. The number of ketones is 1. The Morgan fingerprint density at radius 3 is 2.15 bits per heavy atom. The van der Waals surface area contributed by atoms with E-state index in [1.807, 2.05) is 50.2 Å². The molecule has 1 spiro atoms. The van der Waals surface area contributed by atoms with Crippen molar-refractivity contribution in [1.29, 1.82) is 0 Å². The number of rotatable bonds is 2. The molecule has 2 aliphatic heterocycles. The lowest BCUT2D eigenvalue weighted by Gasteiger charge is -2.45. The number of Topliss-reactive ketones (excluding diaryl/α,β-unsaturated/α-hetero) is 1. The van der Waals surface area contributed by atoms with E-state index >= 15 is 0 Å². The van der Waals surface area contributed by atoms with E-state index in [-0.39, 0.29) is 5.78 Å². The number of benzene rings is 2. The Hall–Kier alpha value is -3.94. The van der Waals surface area contributed by atoms with Crippen molar-refractivity contribution in [3.63, 3.8) is 0 Å². The Labute approximate surface area is 196 Å². The van der Waals surface area contributed by atoms with Crippen LogP contribution >= 0.6 is 0 Å². The van der Waals surface area contributed by atoms with Crippen molar-refractivity contribution >= 4 is 23.3 Å². The molecule has 8 heteroatoms. The topological polar surface area (TPSA) is 97.0 Å². The third-order valence-corrected chi connectivity index (χ3v) is 7.45. The van der Waals surface area contributed by atoms with Gasteiger partial charge in [-0.2, -0.15) is 15.3 Å². The van der Waals surface area contributed by atoms with Crippen LogP contribution in [0.4, 0.5) is 5.69 Å². The molecule has 2 amide bonds. The molecule has 6 rings (SSSR count). The number of aromatic nitrogens is 2. The number of imide groups is 1. The summed E-state index contributed by atoms with van der Waals surface area (Å²) in [5.41, 5.74) is 0.944. The average Bonchev–Trinajstić information content (AvgIpc) is 3.45. The third kappa shape index (κ3) is 2.42. The van der Waals surface area contributed by atoms with Gasteiger partial charge in [0.1, 0.15) is 5.92 Å². The van der Waals surface area contributed by atoms with Crippen LogP contribution in [0, 0.1) is 18.3 Å². The van der Waals surface area contributed by atoms with Crippen molar-refractivity contribution in [2.24, 2.45) is 21.6 Å². The molecule has 34 heavy (non-hydrogen) atoms. The summed E-state index contributed by atoms with van der Waals surface area (Å²) in [6, 6.07) is 17.4. The molecule has 8 nitrogen and oxygen atoms in total. The standard InChI is InChI=1S/C26H23N5O3/c1-15-19-18(31(28-15)17-12-8-5-9-13-17)14-25(2,3)26(22(19)32)20-21(27-29-26)24(34)30(23(20)33)16-10-6-4-7-11-16/h4-13,20-21H,14H2,1-3H3. The highest BCUT2D eigenvalue weighted by molar-refractivity contribution is 6.26. The number of para-hydroxylation sites is 2. The summed E-state index contributed by atoms with van der Waals surface area (Å²) in [5.74, 6) is -2.13. The highest BCUT2D eigenvalue weighted by Crippen LogP contribution is 2.56. The number of hydrogen-bond acceptors (Lipinski definition) is 6. The van der Waals surface area contributed by atoms with E-state index in [0.29, 0.717) is 23.4 Å². The highest BCUT2D eigenvalue weighted by atomic mass is 16.2. The molecule has 3 aliphatic rings. The number of aryl methyl sites for hydroxylation is 1. The van der Waals surface area contributed by atoms with Crippen molar-refractivity contribution in [2.45, 2.75) is 38.8 Å². The molecule has 1 aliphatic carbocycles. The van der Waals surface area contributed by atoms with Crippen LogP contribution in [0.1, 0.15) is 35.6 Å². The fourth-order valence-electron chi connectivity index (χ4n) is 5.84. The van der Waals surface area contributed by atoms with Crippen LogP contribution in [-0.4, -0.2) is 39.0 Å². The predicted octanol–water partition coefficient (Wildman–Crippen LogP) is 3.71. The number of carbonyl (C=O) groups excluding carboxylic acids is 3. The number of nitrogens with zero attached hydrogens (tertiary/aromatic N) is 5. The number of carbonyl (C=O) groups is 3. The van der Waals surface area contributed by atoms with Gasteiger partial charge in [0.15, 0.2) is 17.4 Å². The van der Waals surface area contributed by atoms with Gasteiger partial charge in [-0.25, -0.2) is 9.58 Å². The monoisotopic (exact) mass is 453 g/mol. The summed E-state index contributed by atoms with van der Waals surface area (Å²) >= 11 is 0. The number of anilines is 1. The lowest BCUT2D eigenvalue weighted by atomic mass is 9.56. The first-order valence-corrected chi connectivity index (χ1v) is 11.3. The second-order valence-electron chi connectivity index (χ2n) is 9.80. The van der Waals surface area contributed by atoms with E-state index in [4.69, 9.17) is 0 Å². The molecule has 1 aromatic heterocycles. The maximum atomic E-state index is 14.3. The second-order valence-corrected chi connectivity index (χ2v) is 9.80. The average molecular weight is 454 g/mol. The first-order valence-electron chi connectivity index (χ1n) is 11.3. The lowest BCUT2D eigenvalue weighted by Crippen LogP contribution is -2.60. The Morgan fingerprint density at radius 2 is 1.50 bits per heavy atom. The fraction of sp³-hybridized carbons (Fsp3) is 0.308. The number of amides is 2. The van der Waals surface area contributed by atoms with Crippen LogP contribution in [0.2, 0.25) is 0 Å². The molecule has 3 aromatic rings. The van der Waals surface area contributed by atoms with Crippen molar-refractivity contribution in [3.8, 4) is 5.69 Å². The van der Waals surface area contributed by atoms with E-state index < -0.39 is 34.7 Å². The quantitative estimate of drug-likeness (QED) is 0.553. The van der Waals surface area contributed by atoms with Crippen molar-refractivity contribution in [2.75, 3.05) is 4.90 Å². The normalized spacial score (nSPS) is 26.9.